The Balaban J connectivity index is 2.06. The molecule has 0 spiro atoms. The minimum absolute atomic E-state index is 0.0281. The maximum Gasteiger partial charge on any atom is 0.258 e. The third-order valence-corrected chi connectivity index (χ3v) is 4.11. The number of nitrogens with one attached hydrogen (secondary N) is 1. The minimum atomic E-state index is 0.0281. The molecule has 0 unspecified atom stereocenters. The number of benzene rings is 1. The largest absolute Gasteiger partial charge is 0.493 e. The van der Waals surface area contributed by atoms with Crippen LogP contribution < -0.4 is 20.3 Å². The summed E-state index contributed by atoms with van der Waals surface area (Å²) in [7, 11) is 3.19. The molecule has 112 valence electrons. The molecule has 0 aliphatic carbocycles. The smallest absolute Gasteiger partial charge is 0.258 e. The van der Waals surface area contributed by atoms with Gasteiger partial charge in [0.05, 0.1) is 19.6 Å². The minimum Gasteiger partial charge on any atom is -0.493 e. The molecule has 1 fully saturated rings. The fourth-order valence-electron chi connectivity index (χ4n) is 2.98. The Bertz CT molecular complexity index is 702. The van der Waals surface area contributed by atoms with Gasteiger partial charge in [0.1, 0.15) is 0 Å². The van der Waals surface area contributed by atoms with E-state index in [2.05, 4.69) is 5.32 Å². The molecule has 0 bridgehead atoms. The van der Waals surface area contributed by atoms with Crippen LogP contribution in [0.25, 0.3) is 10.8 Å². The lowest BCUT2D eigenvalue weighted by Gasteiger charge is -2.14. The van der Waals surface area contributed by atoms with Crippen LogP contribution in [0.2, 0.25) is 0 Å². The number of methoxy groups -OCH3 is 2. The van der Waals surface area contributed by atoms with E-state index in [9.17, 15) is 4.79 Å². The first-order chi connectivity index (χ1) is 10.2. The van der Waals surface area contributed by atoms with Crippen molar-refractivity contribution in [1.82, 2.24) is 9.88 Å². The molecule has 1 aliphatic heterocycles. The number of nitrogens with zero attached hydrogens (tertiary/aromatic N) is 1. The lowest BCUT2D eigenvalue weighted by Crippen LogP contribution is -2.24. The summed E-state index contributed by atoms with van der Waals surface area (Å²) in [4.78, 5) is 12.6. The molecule has 5 heteroatoms. The number of fused-ring (bicyclic) bond motifs is 1. The summed E-state index contributed by atoms with van der Waals surface area (Å²) in [6.45, 7) is 2.78. The van der Waals surface area contributed by atoms with Crippen molar-refractivity contribution in [1.29, 1.82) is 0 Å². The van der Waals surface area contributed by atoms with Crippen LogP contribution in [0.1, 0.15) is 6.42 Å². The third kappa shape index (κ3) is 2.49. The Labute approximate surface area is 123 Å². The molecule has 3 rings (SSSR count). The van der Waals surface area contributed by atoms with Crippen molar-refractivity contribution in [3.8, 4) is 11.5 Å². The highest BCUT2D eigenvalue weighted by atomic mass is 16.5. The Morgan fingerprint density at radius 3 is 2.76 bits per heavy atom. The SMILES string of the molecule is COc1ccc2c(=O)n(C[C@@H]3CCNC3)ccc2c1OC. The third-order valence-electron chi connectivity index (χ3n) is 4.11. The van der Waals surface area contributed by atoms with Crippen LogP contribution in [0.15, 0.2) is 29.2 Å². The topological polar surface area (TPSA) is 52.5 Å². The van der Waals surface area contributed by atoms with Crippen molar-refractivity contribution in [3.63, 3.8) is 0 Å². The molecule has 1 aromatic heterocycles. The molecule has 0 saturated carbocycles. The normalized spacial score (nSPS) is 18.1. The van der Waals surface area contributed by atoms with Crippen molar-refractivity contribution >= 4 is 10.8 Å². The van der Waals surface area contributed by atoms with Crippen molar-refractivity contribution in [2.75, 3.05) is 27.3 Å². The molecule has 0 amide bonds. The summed E-state index contributed by atoms with van der Waals surface area (Å²) in [5.74, 6) is 1.78. The number of rotatable bonds is 4. The Morgan fingerprint density at radius 2 is 2.10 bits per heavy atom. The van der Waals surface area contributed by atoms with Crippen LogP contribution in [0.3, 0.4) is 0 Å². The van der Waals surface area contributed by atoms with E-state index in [0.717, 1.165) is 31.4 Å². The summed E-state index contributed by atoms with van der Waals surface area (Å²) < 4.78 is 12.5. The maximum atomic E-state index is 12.6. The van der Waals surface area contributed by atoms with E-state index in [0.29, 0.717) is 22.8 Å². The predicted octanol–water partition coefficient (Wildman–Crippen LogP) is 1.63. The molecule has 0 radical (unpaired) electrons. The van der Waals surface area contributed by atoms with E-state index in [-0.39, 0.29) is 5.56 Å². The molecule has 2 heterocycles. The zero-order valence-electron chi connectivity index (χ0n) is 12.4. The van der Waals surface area contributed by atoms with Crippen LogP contribution >= 0.6 is 0 Å². The Morgan fingerprint density at radius 1 is 1.24 bits per heavy atom. The monoisotopic (exact) mass is 288 g/mol. The van der Waals surface area contributed by atoms with Crippen LogP contribution in [0, 0.1) is 5.92 Å². The first kappa shape index (κ1) is 13.9. The second-order valence-corrected chi connectivity index (χ2v) is 5.39. The maximum absolute atomic E-state index is 12.6. The van der Waals surface area contributed by atoms with Crippen LogP contribution in [-0.2, 0) is 6.54 Å². The van der Waals surface area contributed by atoms with Gasteiger partial charge in [0, 0.05) is 18.1 Å². The van der Waals surface area contributed by atoms with Gasteiger partial charge in [0.25, 0.3) is 5.56 Å². The second kappa shape index (κ2) is 5.77. The predicted molar refractivity (Wildman–Crippen MR) is 82.3 cm³/mol. The van der Waals surface area contributed by atoms with Gasteiger partial charge in [-0.3, -0.25) is 4.79 Å². The second-order valence-electron chi connectivity index (χ2n) is 5.39. The van der Waals surface area contributed by atoms with Gasteiger partial charge in [0.15, 0.2) is 11.5 Å². The van der Waals surface area contributed by atoms with Gasteiger partial charge in [-0.05, 0) is 43.6 Å². The molecule has 21 heavy (non-hydrogen) atoms. The highest BCUT2D eigenvalue weighted by Gasteiger charge is 2.17. The summed E-state index contributed by atoms with van der Waals surface area (Å²) >= 11 is 0. The van der Waals surface area contributed by atoms with Crippen molar-refractivity contribution in [3.05, 3.63) is 34.7 Å². The van der Waals surface area contributed by atoms with E-state index < -0.39 is 0 Å². The van der Waals surface area contributed by atoms with Gasteiger partial charge >= 0.3 is 0 Å². The zero-order chi connectivity index (χ0) is 14.8. The van der Waals surface area contributed by atoms with E-state index in [4.69, 9.17) is 9.47 Å². The molecule has 1 aromatic carbocycles. The molecular weight excluding hydrogens is 268 g/mol. The van der Waals surface area contributed by atoms with Crippen molar-refractivity contribution < 1.29 is 9.47 Å². The lowest BCUT2D eigenvalue weighted by atomic mass is 10.1. The average Bonchev–Trinajstić information content (AvgIpc) is 3.02. The Kier molecular flexibility index (Phi) is 3.84. The van der Waals surface area contributed by atoms with Gasteiger partial charge in [0.2, 0.25) is 0 Å². The number of ether oxygens (including phenoxy) is 2. The van der Waals surface area contributed by atoms with E-state index in [1.165, 1.54) is 0 Å². The van der Waals surface area contributed by atoms with Gasteiger partial charge in [-0.2, -0.15) is 0 Å². The number of aromatic nitrogens is 1. The molecule has 2 aromatic rings. The van der Waals surface area contributed by atoms with Crippen molar-refractivity contribution in [2.24, 2.45) is 5.92 Å². The fraction of sp³-hybridized carbons (Fsp3) is 0.438. The Hall–Kier alpha value is -2.01. The van der Waals surface area contributed by atoms with Gasteiger partial charge in [-0.15, -0.1) is 0 Å². The summed E-state index contributed by atoms with van der Waals surface area (Å²) in [6.07, 6.45) is 2.97. The van der Waals surface area contributed by atoms with E-state index in [1.807, 2.05) is 18.3 Å². The summed E-state index contributed by atoms with van der Waals surface area (Å²) in [5.41, 5.74) is 0.0281. The molecular formula is C16H20N2O3. The molecule has 5 nitrogen and oxygen atoms in total. The zero-order valence-corrected chi connectivity index (χ0v) is 12.4. The molecule has 1 atom stereocenters. The fourth-order valence-corrected chi connectivity index (χ4v) is 2.98. The number of pyridine rings is 1. The van der Waals surface area contributed by atoms with Gasteiger partial charge in [-0.25, -0.2) is 0 Å². The average molecular weight is 288 g/mol. The van der Waals surface area contributed by atoms with Gasteiger partial charge in [-0.1, -0.05) is 0 Å². The van der Waals surface area contributed by atoms with Gasteiger partial charge < -0.3 is 19.4 Å². The van der Waals surface area contributed by atoms with Crippen LogP contribution in [0.5, 0.6) is 11.5 Å². The standard InChI is InChI=1S/C16H20N2O3/c1-20-14-4-3-13-12(15(14)21-2)6-8-18(16(13)19)10-11-5-7-17-9-11/h3-4,6,8,11,17H,5,7,9-10H2,1-2H3/t11-/m1/s1. The van der Waals surface area contributed by atoms with Crippen molar-refractivity contribution in [2.45, 2.75) is 13.0 Å². The first-order valence-electron chi connectivity index (χ1n) is 7.19. The highest BCUT2D eigenvalue weighted by molar-refractivity contribution is 5.90. The summed E-state index contributed by atoms with van der Waals surface area (Å²) in [5, 5.41) is 4.79. The quantitative estimate of drug-likeness (QED) is 0.929. The van der Waals surface area contributed by atoms with E-state index >= 15 is 0 Å². The lowest BCUT2D eigenvalue weighted by molar-refractivity contribution is 0.358. The van der Waals surface area contributed by atoms with Crippen LogP contribution in [-0.4, -0.2) is 31.9 Å². The molecule has 1 saturated heterocycles. The highest BCUT2D eigenvalue weighted by Crippen LogP contribution is 2.33. The number of hydrogen-bond acceptors (Lipinski definition) is 4. The van der Waals surface area contributed by atoms with E-state index in [1.54, 1.807) is 24.9 Å². The number of hydrogen-bond donors (Lipinski definition) is 1. The van der Waals surface area contributed by atoms with Crippen LogP contribution in [0.4, 0.5) is 0 Å². The summed E-state index contributed by atoms with van der Waals surface area (Å²) in [6, 6.07) is 5.52. The molecule has 1 N–H and O–H groups in total. The first-order valence-corrected chi connectivity index (χ1v) is 7.19. The molecule has 1 aliphatic rings.